The van der Waals surface area contributed by atoms with Gasteiger partial charge in [0.1, 0.15) is 11.3 Å². The van der Waals surface area contributed by atoms with Crippen molar-refractivity contribution in [3.63, 3.8) is 0 Å². The first kappa shape index (κ1) is 14.5. The molecule has 5 nitrogen and oxygen atoms in total. The normalized spacial score (nSPS) is 17.6. The summed E-state index contributed by atoms with van der Waals surface area (Å²) in [5.41, 5.74) is 1.99. The van der Waals surface area contributed by atoms with Gasteiger partial charge >= 0.3 is 0 Å². The summed E-state index contributed by atoms with van der Waals surface area (Å²) in [5, 5.41) is 0. The Bertz CT molecular complexity index is 587. The molecule has 2 aromatic rings. The Morgan fingerprint density at radius 1 is 1.33 bits per heavy atom. The van der Waals surface area contributed by atoms with Crippen LogP contribution in [0, 0.1) is 0 Å². The third-order valence-corrected chi connectivity index (χ3v) is 4.45. The van der Waals surface area contributed by atoms with Gasteiger partial charge in [-0.1, -0.05) is 6.92 Å². The van der Waals surface area contributed by atoms with Crippen LogP contribution in [0.25, 0.3) is 11.2 Å². The van der Waals surface area contributed by atoms with Crippen LogP contribution in [0.15, 0.2) is 18.3 Å². The van der Waals surface area contributed by atoms with Crippen molar-refractivity contribution in [3.05, 3.63) is 24.2 Å². The highest BCUT2D eigenvalue weighted by Crippen LogP contribution is 2.29. The average molecular weight is 288 g/mol. The van der Waals surface area contributed by atoms with E-state index in [1.165, 1.54) is 31.8 Å². The topological polar surface area (TPSA) is 43.2 Å². The van der Waals surface area contributed by atoms with E-state index in [0.717, 1.165) is 24.3 Å². The quantitative estimate of drug-likeness (QED) is 0.846. The molecule has 0 bridgehead atoms. The minimum absolute atomic E-state index is 0.541. The van der Waals surface area contributed by atoms with Gasteiger partial charge in [-0.15, -0.1) is 0 Å². The van der Waals surface area contributed by atoms with Gasteiger partial charge in [-0.25, -0.2) is 9.97 Å². The molecule has 1 aliphatic heterocycles. The van der Waals surface area contributed by atoms with Crippen molar-refractivity contribution in [1.82, 2.24) is 19.4 Å². The Morgan fingerprint density at radius 3 is 2.86 bits per heavy atom. The van der Waals surface area contributed by atoms with E-state index in [0.29, 0.717) is 12.5 Å². The highest BCUT2D eigenvalue weighted by Gasteiger charge is 2.25. The molecule has 0 spiro atoms. The molecule has 0 saturated carbocycles. The molecule has 1 aliphatic rings. The Labute approximate surface area is 125 Å². The number of ether oxygens (including phenoxy) is 1. The zero-order chi connectivity index (χ0) is 14.7. The zero-order valence-electron chi connectivity index (χ0n) is 13.0. The number of likely N-dealkylation sites (tertiary alicyclic amines) is 1. The number of hydrogen-bond acceptors (Lipinski definition) is 4. The van der Waals surface area contributed by atoms with Gasteiger partial charge < -0.3 is 14.2 Å². The Kier molecular flexibility index (Phi) is 4.51. The fourth-order valence-electron chi connectivity index (χ4n) is 3.20. The fraction of sp³-hybridized carbons (Fsp3) is 0.625. The lowest BCUT2D eigenvalue weighted by Crippen LogP contribution is -2.33. The van der Waals surface area contributed by atoms with E-state index in [2.05, 4.69) is 27.4 Å². The standard InChI is InChI=1S/C16H24N4O/c1-3-19-9-6-13(7-10-19)15-18-14-5-4-8-17-16(14)20(15)11-12-21-2/h4-5,8,13H,3,6-7,9-12H2,1-2H3. The second kappa shape index (κ2) is 6.54. The summed E-state index contributed by atoms with van der Waals surface area (Å²) in [6, 6.07) is 4.01. The molecule has 21 heavy (non-hydrogen) atoms. The van der Waals surface area contributed by atoms with E-state index >= 15 is 0 Å². The molecule has 0 unspecified atom stereocenters. The summed E-state index contributed by atoms with van der Waals surface area (Å²) >= 11 is 0. The van der Waals surface area contributed by atoms with Crippen molar-refractivity contribution >= 4 is 11.2 Å². The maximum absolute atomic E-state index is 5.26. The van der Waals surface area contributed by atoms with E-state index in [9.17, 15) is 0 Å². The van der Waals surface area contributed by atoms with Crippen LogP contribution in [0.1, 0.15) is 31.5 Å². The molecule has 0 atom stereocenters. The number of pyridine rings is 1. The smallest absolute Gasteiger partial charge is 0.160 e. The summed E-state index contributed by atoms with van der Waals surface area (Å²) in [6.45, 7) is 7.24. The minimum atomic E-state index is 0.541. The van der Waals surface area contributed by atoms with E-state index in [1.54, 1.807) is 7.11 Å². The third-order valence-electron chi connectivity index (χ3n) is 4.45. The van der Waals surface area contributed by atoms with Crippen LogP contribution in [-0.4, -0.2) is 52.8 Å². The van der Waals surface area contributed by atoms with E-state index in [-0.39, 0.29) is 0 Å². The van der Waals surface area contributed by atoms with Crippen LogP contribution in [-0.2, 0) is 11.3 Å². The number of fused-ring (bicyclic) bond motifs is 1. The number of nitrogens with zero attached hydrogens (tertiary/aromatic N) is 4. The highest BCUT2D eigenvalue weighted by molar-refractivity contribution is 5.71. The molecular formula is C16H24N4O. The lowest BCUT2D eigenvalue weighted by atomic mass is 9.96. The summed E-state index contributed by atoms with van der Waals surface area (Å²) in [6.07, 6.45) is 4.21. The van der Waals surface area contributed by atoms with Gasteiger partial charge in [-0.05, 0) is 44.6 Å². The second-order valence-corrected chi connectivity index (χ2v) is 5.67. The van der Waals surface area contributed by atoms with Crippen LogP contribution in [0.3, 0.4) is 0 Å². The number of hydrogen-bond donors (Lipinski definition) is 0. The lowest BCUT2D eigenvalue weighted by molar-refractivity contribution is 0.183. The number of rotatable bonds is 5. The molecule has 1 saturated heterocycles. The molecule has 3 rings (SSSR count). The van der Waals surface area contributed by atoms with Crippen molar-refractivity contribution in [1.29, 1.82) is 0 Å². The Balaban J connectivity index is 1.90. The van der Waals surface area contributed by atoms with Gasteiger partial charge in [0.2, 0.25) is 0 Å². The molecule has 0 radical (unpaired) electrons. The summed E-state index contributed by atoms with van der Waals surface area (Å²) < 4.78 is 7.51. The monoisotopic (exact) mass is 288 g/mol. The maximum Gasteiger partial charge on any atom is 0.160 e. The second-order valence-electron chi connectivity index (χ2n) is 5.67. The summed E-state index contributed by atoms with van der Waals surface area (Å²) in [7, 11) is 1.74. The molecule has 0 aromatic carbocycles. The van der Waals surface area contributed by atoms with Crippen molar-refractivity contribution in [2.45, 2.75) is 32.2 Å². The first-order valence-corrected chi connectivity index (χ1v) is 7.86. The molecule has 5 heteroatoms. The number of piperidine rings is 1. The maximum atomic E-state index is 5.26. The molecule has 0 N–H and O–H groups in total. The predicted octanol–water partition coefficient (Wildman–Crippen LogP) is 2.28. The largest absolute Gasteiger partial charge is 0.383 e. The average Bonchev–Trinajstić information content (AvgIpc) is 2.91. The highest BCUT2D eigenvalue weighted by atomic mass is 16.5. The molecule has 3 heterocycles. The van der Waals surface area contributed by atoms with Crippen LogP contribution in [0.5, 0.6) is 0 Å². The Hall–Kier alpha value is -1.46. The number of imidazole rings is 1. The van der Waals surface area contributed by atoms with Crippen LogP contribution >= 0.6 is 0 Å². The van der Waals surface area contributed by atoms with Gasteiger partial charge in [0, 0.05) is 25.8 Å². The molecule has 2 aromatic heterocycles. The van der Waals surface area contributed by atoms with Gasteiger partial charge in [0.25, 0.3) is 0 Å². The number of aromatic nitrogens is 3. The van der Waals surface area contributed by atoms with Crippen molar-refractivity contribution in [2.24, 2.45) is 0 Å². The summed E-state index contributed by atoms with van der Waals surface area (Å²) in [4.78, 5) is 11.9. The van der Waals surface area contributed by atoms with Gasteiger partial charge in [-0.2, -0.15) is 0 Å². The van der Waals surface area contributed by atoms with Crippen LogP contribution in [0.4, 0.5) is 0 Å². The molecule has 1 fully saturated rings. The SMILES string of the molecule is CCN1CCC(c2nc3cccnc3n2CCOC)CC1. The molecule has 0 amide bonds. The van der Waals surface area contributed by atoms with Crippen molar-refractivity contribution < 1.29 is 4.74 Å². The third kappa shape index (κ3) is 2.94. The van der Waals surface area contributed by atoms with Crippen LogP contribution < -0.4 is 0 Å². The van der Waals surface area contributed by atoms with E-state index in [1.807, 2.05) is 12.3 Å². The first-order chi connectivity index (χ1) is 10.3. The first-order valence-electron chi connectivity index (χ1n) is 7.86. The predicted molar refractivity (Wildman–Crippen MR) is 83.5 cm³/mol. The number of methoxy groups -OCH3 is 1. The van der Waals surface area contributed by atoms with Crippen molar-refractivity contribution in [3.8, 4) is 0 Å². The van der Waals surface area contributed by atoms with Crippen molar-refractivity contribution in [2.75, 3.05) is 33.4 Å². The van der Waals surface area contributed by atoms with E-state index in [4.69, 9.17) is 9.72 Å². The van der Waals surface area contributed by atoms with Gasteiger partial charge in [0.05, 0.1) is 6.61 Å². The Morgan fingerprint density at radius 2 is 2.14 bits per heavy atom. The lowest BCUT2D eigenvalue weighted by Gasteiger charge is -2.30. The van der Waals surface area contributed by atoms with Gasteiger partial charge in [-0.3, -0.25) is 0 Å². The molecular weight excluding hydrogens is 264 g/mol. The minimum Gasteiger partial charge on any atom is -0.383 e. The summed E-state index contributed by atoms with van der Waals surface area (Å²) in [5.74, 6) is 1.73. The van der Waals surface area contributed by atoms with E-state index < -0.39 is 0 Å². The molecule has 114 valence electrons. The van der Waals surface area contributed by atoms with Crippen LogP contribution in [0.2, 0.25) is 0 Å². The molecule has 0 aliphatic carbocycles. The zero-order valence-corrected chi connectivity index (χ0v) is 13.0. The van der Waals surface area contributed by atoms with Gasteiger partial charge in [0.15, 0.2) is 5.65 Å². The fourth-order valence-corrected chi connectivity index (χ4v) is 3.20.